The minimum absolute atomic E-state index is 1.01. The summed E-state index contributed by atoms with van der Waals surface area (Å²) in [5.74, 6) is 1.08. The Balaban J connectivity index is 2.15. The lowest BCUT2D eigenvalue weighted by molar-refractivity contribution is -0.902. The Bertz CT molecular complexity index is 140. The van der Waals surface area contributed by atoms with E-state index in [1.807, 2.05) is 0 Å². The van der Waals surface area contributed by atoms with Gasteiger partial charge in [-0.1, -0.05) is 0 Å². The van der Waals surface area contributed by atoms with Gasteiger partial charge in [-0.25, -0.2) is 0 Å². The molecule has 1 aliphatic carbocycles. The highest BCUT2D eigenvalue weighted by molar-refractivity contribution is 4.79. The number of hydrogen-bond acceptors (Lipinski definition) is 0. The van der Waals surface area contributed by atoms with Crippen molar-refractivity contribution in [3.05, 3.63) is 0 Å². The monoisotopic (exact) mass is 140 g/mol. The van der Waals surface area contributed by atoms with Gasteiger partial charge in [0.05, 0.1) is 26.7 Å². The summed E-state index contributed by atoms with van der Waals surface area (Å²) < 4.78 is 1.31. The van der Waals surface area contributed by atoms with Gasteiger partial charge in [0.2, 0.25) is 0 Å². The van der Waals surface area contributed by atoms with E-state index in [2.05, 4.69) is 14.1 Å². The van der Waals surface area contributed by atoms with Crippen LogP contribution in [0.15, 0.2) is 0 Å². The molecule has 0 N–H and O–H groups in total. The van der Waals surface area contributed by atoms with Crippen LogP contribution in [0.1, 0.15) is 25.7 Å². The molecule has 2 bridgehead atoms. The van der Waals surface area contributed by atoms with Crippen LogP contribution in [0.5, 0.6) is 0 Å². The molecule has 0 radical (unpaired) electrons. The molecule has 2 unspecified atom stereocenters. The molecule has 0 spiro atoms. The molecule has 0 aromatic rings. The highest BCUT2D eigenvalue weighted by atomic mass is 15.4. The molecular weight excluding hydrogens is 122 g/mol. The van der Waals surface area contributed by atoms with E-state index in [0.717, 1.165) is 12.0 Å². The van der Waals surface area contributed by atoms with Gasteiger partial charge in [-0.2, -0.15) is 0 Å². The molecule has 58 valence electrons. The topological polar surface area (TPSA) is 0 Å². The molecular formula is C9H18N+. The van der Waals surface area contributed by atoms with Crippen LogP contribution in [0.25, 0.3) is 0 Å². The van der Waals surface area contributed by atoms with Gasteiger partial charge >= 0.3 is 0 Å². The number of likely N-dealkylation sites (tertiary alicyclic amines) is 1. The largest absolute Gasteiger partial charge is 0.326 e. The smallest absolute Gasteiger partial charge is 0.0891 e. The lowest BCUT2D eigenvalue weighted by atomic mass is 9.90. The van der Waals surface area contributed by atoms with E-state index in [1.165, 1.54) is 36.7 Å². The van der Waals surface area contributed by atoms with Crippen molar-refractivity contribution in [3.63, 3.8) is 0 Å². The second-order valence-electron chi connectivity index (χ2n) is 4.65. The van der Waals surface area contributed by atoms with E-state index in [1.54, 1.807) is 0 Å². The van der Waals surface area contributed by atoms with Gasteiger partial charge in [0.25, 0.3) is 0 Å². The number of fused-ring (bicyclic) bond motifs is 2. The zero-order valence-corrected chi connectivity index (χ0v) is 7.14. The molecule has 2 rings (SSSR count). The maximum Gasteiger partial charge on any atom is 0.0891 e. The van der Waals surface area contributed by atoms with Gasteiger partial charge in [0.1, 0.15) is 0 Å². The van der Waals surface area contributed by atoms with Gasteiger partial charge < -0.3 is 4.48 Å². The average molecular weight is 140 g/mol. The van der Waals surface area contributed by atoms with Gasteiger partial charge in [-0.15, -0.1) is 0 Å². The van der Waals surface area contributed by atoms with E-state index >= 15 is 0 Å². The first-order chi connectivity index (χ1) is 4.68. The fourth-order valence-electron chi connectivity index (χ4n) is 2.88. The fourth-order valence-corrected chi connectivity index (χ4v) is 2.88. The van der Waals surface area contributed by atoms with Crippen molar-refractivity contribution in [1.82, 2.24) is 0 Å². The molecule has 1 heterocycles. The van der Waals surface area contributed by atoms with Crippen molar-refractivity contribution in [2.24, 2.45) is 5.92 Å². The van der Waals surface area contributed by atoms with Crippen molar-refractivity contribution < 1.29 is 4.48 Å². The number of rotatable bonds is 0. The Morgan fingerprint density at radius 3 is 2.60 bits per heavy atom. The zero-order chi connectivity index (χ0) is 7.19. The van der Waals surface area contributed by atoms with Crippen LogP contribution in [0, 0.1) is 5.92 Å². The van der Waals surface area contributed by atoms with Crippen LogP contribution in [-0.4, -0.2) is 31.2 Å². The quantitative estimate of drug-likeness (QED) is 0.449. The fraction of sp³-hybridized carbons (Fsp3) is 1.00. The standard InChI is InChI=1S/C9H18N/c1-10(2)7-8-4-3-5-9(10)6-8/h8-9H,3-7H2,1-2H3/q+1. The minimum atomic E-state index is 1.01. The first-order valence-electron chi connectivity index (χ1n) is 4.51. The van der Waals surface area contributed by atoms with Crippen molar-refractivity contribution in [3.8, 4) is 0 Å². The van der Waals surface area contributed by atoms with Crippen LogP contribution in [-0.2, 0) is 0 Å². The Morgan fingerprint density at radius 2 is 2.00 bits per heavy atom. The third-order valence-corrected chi connectivity index (χ3v) is 3.47. The Morgan fingerprint density at radius 1 is 1.20 bits per heavy atom. The van der Waals surface area contributed by atoms with Gasteiger partial charge in [-0.3, -0.25) is 0 Å². The lowest BCUT2D eigenvalue weighted by Gasteiger charge is -2.30. The van der Waals surface area contributed by atoms with E-state index in [4.69, 9.17) is 0 Å². The van der Waals surface area contributed by atoms with E-state index in [-0.39, 0.29) is 0 Å². The second kappa shape index (κ2) is 1.97. The molecule has 0 aromatic heterocycles. The molecule has 2 aliphatic rings. The lowest BCUT2D eigenvalue weighted by Crippen LogP contribution is -2.43. The average Bonchev–Trinajstić information content (AvgIpc) is 2.04. The summed E-state index contributed by atoms with van der Waals surface area (Å²) in [4.78, 5) is 0. The maximum atomic E-state index is 2.40. The maximum absolute atomic E-state index is 2.40. The highest BCUT2D eigenvalue weighted by Crippen LogP contribution is 2.38. The summed E-state index contributed by atoms with van der Waals surface area (Å²) in [6.45, 7) is 1.45. The molecule has 0 aromatic carbocycles. The molecule has 0 amide bonds. The zero-order valence-electron chi connectivity index (χ0n) is 7.14. The third kappa shape index (κ3) is 0.878. The Labute approximate surface area is 63.6 Å². The predicted molar refractivity (Wildman–Crippen MR) is 42.7 cm³/mol. The molecule has 1 saturated heterocycles. The van der Waals surface area contributed by atoms with E-state index in [0.29, 0.717) is 0 Å². The molecule has 1 aliphatic heterocycles. The van der Waals surface area contributed by atoms with Crippen LogP contribution in [0.4, 0.5) is 0 Å². The Kier molecular flexibility index (Phi) is 1.31. The molecule has 2 fully saturated rings. The van der Waals surface area contributed by atoms with Gasteiger partial charge in [0.15, 0.2) is 0 Å². The summed E-state index contributed by atoms with van der Waals surface area (Å²) in [6, 6.07) is 1.01. The van der Waals surface area contributed by atoms with Crippen LogP contribution >= 0.6 is 0 Å². The van der Waals surface area contributed by atoms with Gasteiger partial charge in [0, 0.05) is 12.3 Å². The van der Waals surface area contributed by atoms with Crippen molar-refractivity contribution >= 4 is 0 Å². The van der Waals surface area contributed by atoms with Crippen molar-refractivity contribution in [2.45, 2.75) is 31.7 Å². The summed E-state index contributed by atoms with van der Waals surface area (Å²) in [5, 5.41) is 0. The normalized spacial score (nSPS) is 43.8. The van der Waals surface area contributed by atoms with Crippen molar-refractivity contribution in [2.75, 3.05) is 20.6 Å². The first-order valence-corrected chi connectivity index (χ1v) is 4.51. The van der Waals surface area contributed by atoms with Crippen LogP contribution < -0.4 is 0 Å². The SMILES string of the molecule is C[N+]1(C)CC2CCCC1C2. The first kappa shape index (κ1) is 6.66. The second-order valence-corrected chi connectivity index (χ2v) is 4.65. The summed E-state index contributed by atoms with van der Waals surface area (Å²) in [6.07, 6.45) is 6.02. The predicted octanol–water partition coefficient (Wildman–Crippen LogP) is 1.64. The van der Waals surface area contributed by atoms with Crippen LogP contribution in [0.3, 0.4) is 0 Å². The van der Waals surface area contributed by atoms with Crippen molar-refractivity contribution in [1.29, 1.82) is 0 Å². The molecule has 1 nitrogen and oxygen atoms in total. The number of hydrogen-bond donors (Lipinski definition) is 0. The van der Waals surface area contributed by atoms with Crippen LogP contribution in [0.2, 0.25) is 0 Å². The molecule has 1 heteroatoms. The van der Waals surface area contributed by atoms with E-state index in [9.17, 15) is 0 Å². The highest BCUT2D eigenvalue weighted by Gasteiger charge is 2.42. The van der Waals surface area contributed by atoms with E-state index < -0.39 is 0 Å². The summed E-state index contributed by atoms with van der Waals surface area (Å²) in [5.41, 5.74) is 0. The number of quaternary nitrogens is 1. The summed E-state index contributed by atoms with van der Waals surface area (Å²) >= 11 is 0. The number of nitrogens with zero attached hydrogens (tertiary/aromatic N) is 1. The Hall–Kier alpha value is -0.0400. The molecule has 10 heavy (non-hydrogen) atoms. The third-order valence-electron chi connectivity index (χ3n) is 3.47. The molecule has 1 saturated carbocycles. The summed E-state index contributed by atoms with van der Waals surface area (Å²) in [7, 11) is 4.80. The minimum Gasteiger partial charge on any atom is -0.326 e. The van der Waals surface area contributed by atoms with Gasteiger partial charge in [-0.05, 0) is 19.3 Å². The molecule has 2 atom stereocenters.